The van der Waals surface area contributed by atoms with Crippen molar-refractivity contribution in [1.82, 2.24) is 0 Å². The van der Waals surface area contributed by atoms with E-state index in [0.717, 1.165) is 6.42 Å². The summed E-state index contributed by atoms with van der Waals surface area (Å²) in [5, 5.41) is 9.45. The van der Waals surface area contributed by atoms with Gasteiger partial charge in [-0.1, -0.05) is 11.6 Å². The zero-order valence-corrected chi connectivity index (χ0v) is 10.6. The average Bonchev–Trinajstić information content (AvgIpc) is 2.83. The number of carbonyl (C=O) groups is 1. The zero-order chi connectivity index (χ0) is 13.1. The topological polar surface area (TPSA) is 65.0 Å². The molecule has 98 valence electrons. The van der Waals surface area contributed by atoms with E-state index < -0.39 is 5.97 Å². The van der Waals surface area contributed by atoms with Crippen LogP contribution < -0.4 is 9.47 Å². The van der Waals surface area contributed by atoms with E-state index in [2.05, 4.69) is 0 Å². The third-order valence-electron chi connectivity index (χ3n) is 2.64. The predicted molar refractivity (Wildman–Crippen MR) is 64.8 cm³/mol. The molecule has 1 heterocycles. The molecule has 1 aromatic carbocycles. The fraction of sp³-hybridized carbons (Fsp3) is 0.417. The van der Waals surface area contributed by atoms with Gasteiger partial charge in [0.1, 0.15) is 11.7 Å². The monoisotopic (exact) mass is 272 g/mol. The number of methoxy groups -OCH3 is 1. The van der Waals surface area contributed by atoms with Gasteiger partial charge in [-0.2, -0.15) is 0 Å². The van der Waals surface area contributed by atoms with Crippen molar-refractivity contribution in [3.05, 3.63) is 22.7 Å². The molecule has 1 saturated heterocycles. The maximum absolute atomic E-state index is 11.2. The lowest BCUT2D eigenvalue weighted by atomic mass is 10.1. The highest BCUT2D eigenvalue weighted by molar-refractivity contribution is 6.31. The zero-order valence-electron chi connectivity index (χ0n) is 9.81. The molecule has 0 spiro atoms. The minimum atomic E-state index is -1.11. The predicted octanol–water partition coefficient (Wildman–Crippen LogP) is 2.21. The molecule has 1 fully saturated rings. The van der Waals surface area contributed by atoms with Gasteiger partial charge in [-0.3, -0.25) is 0 Å². The van der Waals surface area contributed by atoms with Crippen LogP contribution in [0.15, 0.2) is 12.1 Å². The van der Waals surface area contributed by atoms with E-state index in [1.54, 1.807) is 0 Å². The second-order valence-electron chi connectivity index (χ2n) is 3.89. The van der Waals surface area contributed by atoms with E-state index in [1.807, 2.05) is 0 Å². The maximum atomic E-state index is 11.2. The van der Waals surface area contributed by atoms with E-state index in [4.69, 9.17) is 30.9 Å². The van der Waals surface area contributed by atoms with Gasteiger partial charge in [-0.15, -0.1) is 0 Å². The number of benzene rings is 1. The molecule has 1 aliphatic heterocycles. The van der Waals surface area contributed by atoms with Gasteiger partial charge >= 0.3 is 5.97 Å². The van der Waals surface area contributed by atoms with Gasteiger partial charge in [-0.05, 0) is 6.07 Å². The summed E-state index contributed by atoms with van der Waals surface area (Å²) in [6.07, 6.45) is 0.573. The number of hydrogen-bond donors (Lipinski definition) is 1. The van der Waals surface area contributed by atoms with Gasteiger partial charge in [-0.25, -0.2) is 4.79 Å². The van der Waals surface area contributed by atoms with Crippen LogP contribution in [0.25, 0.3) is 0 Å². The molecule has 6 heteroatoms. The molecule has 18 heavy (non-hydrogen) atoms. The molecule has 1 unspecified atom stereocenters. The van der Waals surface area contributed by atoms with Gasteiger partial charge in [0.05, 0.1) is 20.3 Å². The highest BCUT2D eigenvalue weighted by atomic mass is 35.5. The Labute approximate surface area is 109 Å². The van der Waals surface area contributed by atoms with Crippen LogP contribution in [0.5, 0.6) is 11.5 Å². The SMILES string of the molecule is COc1cc(Cl)cc(C(=O)O)c1OC1CCOC1. The van der Waals surface area contributed by atoms with Crippen molar-refractivity contribution in [2.45, 2.75) is 12.5 Å². The summed E-state index contributed by atoms with van der Waals surface area (Å²) in [5.41, 5.74) is -0.00810. The normalized spacial score (nSPS) is 18.7. The number of carboxylic acids is 1. The molecule has 1 aliphatic rings. The second kappa shape index (κ2) is 5.46. The number of aromatic carboxylic acids is 1. The number of rotatable bonds is 4. The van der Waals surface area contributed by atoms with Gasteiger partial charge in [0.2, 0.25) is 0 Å². The van der Waals surface area contributed by atoms with Crippen LogP contribution in [0.4, 0.5) is 0 Å². The quantitative estimate of drug-likeness (QED) is 0.910. The van der Waals surface area contributed by atoms with Crippen LogP contribution in [-0.2, 0) is 4.74 Å². The second-order valence-corrected chi connectivity index (χ2v) is 4.33. The van der Waals surface area contributed by atoms with Crippen molar-refractivity contribution < 1.29 is 24.1 Å². The third-order valence-corrected chi connectivity index (χ3v) is 2.86. The molecule has 0 aromatic heterocycles. The van der Waals surface area contributed by atoms with E-state index in [1.165, 1.54) is 19.2 Å². The van der Waals surface area contributed by atoms with Gasteiger partial charge in [0, 0.05) is 17.5 Å². The summed E-state index contributed by atoms with van der Waals surface area (Å²) in [5.74, 6) is -0.596. The van der Waals surface area contributed by atoms with Crippen molar-refractivity contribution in [2.75, 3.05) is 20.3 Å². The third kappa shape index (κ3) is 2.68. The van der Waals surface area contributed by atoms with E-state index >= 15 is 0 Å². The molecule has 1 atom stereocenters. The van der Waals surface area contributed by atoms with Crippen molar-refractivity contribution in [1.29, 1.82) is 0 Å². The first kappa shape index (κ1) is 13.0. The molecule has 0 saturated carbocycles. The largest absolute Gasteiger partial charge is 0.493 e. The molecule has 2 rings (SSSR count). The Hall–Kier alpha value is -1.46. The highest BCUT2D eigenvalue weighted by Gasteiger charge is 2.24. The molecule has 0 amide bonds. The minimum absolute atomic E-state index is 0.00810. The van der Waals surface area contributed by atoms with Crippen LogP contribution >= 0.6 is 11.6 Å². The summed E-state index contributed by atoms with van der Waals surface area (Å²) < 4.78 is 16.0. The van der Waals surface area contributed by atoms with Gasteiger partial charge in [0.25, 0.3) is 0 Å². The van der Waals surface area contributed by atoms with Crippen LogP contribution in [0.1, 0.15) is 16.8 Å². The number of halogens is 1. The smallest absolute Gasteiger partial charge is 0.339 e. The van der Waals surface area contributed by atoms with Crippen molar-refractivity contribution in [3.8, 4) is 11.5 Å². The Morgan fingerprint density at radius 3 is 2.89 bits per heavy atom. The lowest BCUT2D eigenvalue weighted by Crippen LogP contribution is -2.18. The average molecular weight is 273 g/mol. The standard InChI is InChI=1S/C12H13ClO5/c1-16-10-5-7(13)4-9(12(14)15)11(10)18-8-2-3-17-6-8/h4-5,8H,2-3,6H2,1H3,(H,14,15). The summed E-state index contributed by atoms with van der Waals surface area (Å²) in [7, 11) is 1.44. The Balaban J connectivity index is 2.37. The molecule has 5 nitrogen and oxygen atoms in total. The number of ether oxygens (including phenoxy) is 3. The maximum Gasteiger partial charge on any atom is 0.339 e. The minimum Gasteiger partial charge on any atom is -0.493 e. The first-order chi connectivity index (χ1) is 8.61. The van der Waals surface area contributed by atoms with Crippen molar-refractivity contribution in [3.63, 3.8) is 0 Å². The van der Waals surface area contributed by atoms with E-state index in [-0.39, 0.29) is 17.4 Å². The van der Waals surface area contributed by atoms with Crippen LogP contribution in [0.3, 0.4) is 0 Å². The Morgan fingerprint density at radius 1 is 1.56 bits per heavy atom. The molecular formula is C12H13ClO5. The molecule has 0 bridgehead atoms. The Morgan fingerprint density at radius 2 is 2.33 bits per heavy atom. The molecular weight excluding hydrogens is 260 g/mol. The lowest BCUT2D eigenvalue weighted by molar-refractivity contribution is 0.0686. The molecule has 0 aliphatic carbocycles. The Bertz CT molecular complexity index is 454. The van der Waals surface area contributed by atoms with E-state index in [0.29, 0.717) is 24.0 Å². The number of hydrogen-bond acceptors (Lipinski definition) is 4. The fourth-order valence-corrected chi connectivity index (χ4v) is 1.98. The molecule has 0 radical (unpaired) electrons. The molecule has 1 aromatic rings. The first-order valence-corrected chi connectivity index (χ1v) is 5.85. The van der Waals surface area contributed by atoms with Crippen LogP contribution in [-0.4, -0.2) is 37.5 Å². The van der Waals surface area contributed by atoms with Crippen LogP contribution in [0.2, 0.25) is 5.02 Å². The Kier molecular flexibility index (Phi) is 3.93. The van der Waals surface area contributed by atoms with Gasteiger partial charge in [0.15, 0.2) is 11.5 Å². The lowest BCUT2D eigenvalue weighted by Gasteiger charge is -2.17. The fourth-order valence-electron chi connectivity index (χ4n) is 1.77. The first-order valence-electron chi connectivity index (χ1n) is 5.47. The van der Waals surface area contributed by atoms with Gasteiger partial charge < -0.3 is 19.3 Å². The summed E-state index contributed by atoms with van der Waals surface area (Å²) in [6.45, 7) is 1.06. The molecule has 1 N–H and O–H groups in total. The van der Waals surface area contributed by atoms with E-state index in [9.17, 15) is 4.79 Å². The highest BCUT2D eigenvalue weighted by Crippen LogP contribution is 2.36. The summed E-state index contributed by atoms with van der Waals surface area (Å²) >= 11 is 5.84. The summed E-state index contributed by atoms with van der Waals surface area (Å²) in [6, 6.07) is 2.87. The van der Waals surface area contributed by atoms with Crippen molar-refractivity contribution >= 4 is 17.6 Å². The van der Waals surface area contributed by atoms with Crippen LogP contribution in [0, 0.1) is 0 Å². The van der Waals surface area contributed by atoms with Crippen molar-refractivity contribution in [2.24, 2.45) is 0 Å². The summed E-state index contributed by atoms with van der Waals surface area (Å²) in [4.78, 5) is 11.2. The number of carboxylic acid groups (broad SMARTS) is 1.